The maximum atomic E-state index is 13.1. The third-order valence-corrected chi connectivity index (χ3v) is 2.12. The number of carbonyl (C=O) groups excluding carboxylic acids is 1. The number of pyridine rings is 1. The van der Waals surface area contributed by atoms with E-state index in [-0.39, 0.29) is 12.1 Å². The Hall–Kier alpha value is -1.97. The van der Waals surface area contributed by atoms with Gasteiger partial charge in [-0.1, -0.05) is 12.7 Å². The van der Waals surface area contributed by atoms with Gasteiger partial charge in [0, 0.05) is 6.07 Å². The molecule has 0 bridgehead atoms. The lowest BCUT2D eigenvalue weighted by Gasteiger charge is -2.02. The highest BCUT2D eigenvalue weighted by Gasteiger charge is 1.98. The Morgan fingerprint density at radius 3 is 2.81 bits per heavy atom. The Kier molecular flexibility index (Phi) is 3.94. The van der Waals surface area contributed by atoms with Crippen LogP contribution in [0.2, 0.25) is 0 Å². The summed E-state index contributed by atoms with van der Waals surface area (Å²) in [6, 6.07) is 2.80. The van der Waals surface area contributed by atoms with Gasteiger partial charge in [0.1, 0.15) is 12.1 Å². The standard InChI is InChI=1S/C12H12FNO2/c1-3-10(13)8-11-9(2)4-5-12(16)14(11)6-7-15/h3-5,7-8H,2,6H2,1H3/b10-3+,11-8+. The largest absolute Gasteiger partial charge is 0.301 e. The van der Waals surface area contributed by atoms with Crippen molar-refractivity contribution in [3.8, 4) is 0 Å². The summed E-state index contributed by atoms with van der Waals surface area (Å²) in [6.07, 6.45) is 3.04. The van der Waals surface area contributed by atoms with E-state index in [2.05, 4.69) is 6.58 Å². The van der Waals surface area contributed by atoms with E-state index in [4.69, 9.17) is 0 Å². The van der Waals surface area contributed by atoms with E-state index in [1.165, 1.54) is 28.9 Å². The Morgan fingerprint density at radius 1 is 1.56 bits per heavy atom. The monoisotopic (exact) mass is 221 g/mol. The van der Waals surface area contributed by atoms with Crippen molar-refractivity contribution in [2.75, 3.05) is 0 Å². The average Bonchev–Trinajstić information content (AvgIpc) is 2.28. The highest BCUT2D eigenvalue weighted by Crippen LogP contribution is 1.94. The van der Waals surface area contributed by atoms with Crippen LogP contribution < -0.4 is 16.1 Å². The van der Waals surface area contributed by atoms with E-state index < -0.39 is 5.83 Å². The molecule has 84 valence electrons. The molecule has 0 radical (unpaired) electrons. The van der Waals surface area contributed by atoms with Crippen molar-refractivity contribution >= 4 is 18.9 Å². The lowest BCUT2D eigenvalue weighted by Crippen LogP contribution is -2.42. The van der Waals surface area contributed by atoms with Gasteiger partial charge in [0.05, 0.1) is 11.9 Å². The second kappa shape index (κ2) is 5.21. The summed E-state index contributed by atoms with van der Waals surface area (Å²) in [5.74, 6) is -0.477. The first kappa shape index (κ1) is 12.1. The quantitative estimate of drug-likeness (QED) is 0.680. The highest BCUT2D eigenvalue weighted by molar-refractivity contribution is 5.50. The van der Waals surface area contributed by atoms with Crippen molar-refractivity contribution in [3.63, 3.8) is 0 Å². The fourth-order valence-corrected chi connectivity index (χ4v) is 1.29. The third kappa shape index (κ3) is 2.53. The van der Waals surface area contributed by atoms with Gasteiger partial charge in [0.15, 0.2) is 0 Å². The van der Waals surface area contributed by atoms with Crippen molar-refractivity contribution in [1.82, 2.24) is 4.57 Å². The van der Waals surface area contributed by atoms with Gasteiger partial charge in [0.25, 0.3) is 5.56 Å². The molecule has 0 spiro atoms. The van der Waals surface area contributed by atoms with Gasteiger partial charge < -0.3 is 9.36 Å². The Balaban J connectivity index is 3.65. The van der Waals surface area contributed by atoms with Crippen LogP contribution in [0.3, 0.4) is 0 Å². The minimum atomic E-state index is -0.477. The van der Waals surface area contributed by atoms with Gasteiger partial charge >= 0.3 is 0 Å². The van der Waals surface area contributed by atoms with Gasteiger partial charge in [-0.25, -0.2) is 4.39 Å². The molecule has 1 heterocycles. The average molecular weight is 221 g/mol. The second-order valence-electron chi connectivity index (χ2n) is 3.18. The van der Waals surface area contributed by atoms with Crippen LogP contribution in [0.1, 0.15) is 6.92 Å². The number of aromatic nitrogens is 1. The maximum Gasteiger partial charge on any atom is 0.251 e. The second-order valence-corrected chi connectivity index (χ2v) is 3.18. The van der Waals surface area contributed by atoms with Crippen molar-refractivity contribution in [2.45, 2.75) is 13.5 Å². The summed E-state index contributed by atoms with van der Waals surface area (Å²) >= 11 is 0. The van der Waals surface area contributed by atoms with Crippen LogP contribution in [0.4, 0.5) is 4.39 Å². The van der Waals surface area contributed by atoms with Gasteiger partial charge in [0.2, 0.25) is 0 Å². The molecule has 1 aromatic heterocycles. The van der Waals surface area contributed by atoms with Gasteiger partial charge in [-0.3, -0.25) is 4.79 Å². The molecule has 0 amide bonds. The van der Waals surface area contributed by atoms with Crippen LogP contribution in [0.15, 0.2) is 28.8 Å². The Bertz CT molecular complexity index is 584. The Labute approximate surface area is 91.8 Å². The molecule has 3 nitrogen and oxygen atoms in total. The molecule has 0 aliphatic carbocycles. The maximum absolute atomic E-state index is 13.1. The van der Waals surface area contributed by atoms with Gasteiger partial charge in [-0.15, -0.1) is 0 Å². The van der Waals surface area contributed by atoms with Crippen molar-refractivity contribution in [1.29, 1.82) is 0 Å². The lowest BCUT2D eigenvalue weighted by molar-refractivity contribution is -0.108. The first-order chi connectivity index (χ1) is 7.60. The summed E-state index contributed by atoms with van der Waals surface area (Å²) in [6.45, 7) is 5.13. The van der Waals surface area contributed by atoms with Crippen LogP contribution in [-0.4, -0.2) is 10.9 Å². The molecule has 0 fully saturated rings. The molecule has 0 aromatic carbocycles. The van der Waals surface area contributed by atoms with Crippen LogP contribution in [-0.2, 0) is 11.3 Å². The van der Waals surface area contributed by atoms with E-state index in [0.717, 1.165) is 0 Å². The minimum Gasteiger partial charge on any atom is -0.301 e. The van der Waals surface area contributed by atoms with Crippen LogP contribution >= 0.6 is 0 Å². The van der Waals surface area contributed by atoms with Crippen molar-refractivity contribution < 1.29 is 9.18 Å². The number of aldehydes is 1. The Morgan fingerprint density at radius 2 is 2.25 bits per heavy atom. The molecule has 0 saturated heterocycles. The zero-order valence-corrected chi connectivity index (χ0v) is 8.94. The number of allylic oxidation sites excluding steroid dienone is 2. The zero-order chi connectivity index (χ0) is 12.1. The van der Waals surface area contributed by atoms with Gasteiger partial charge in [-0.05, 0) is 24.3 Å². The molecular weight excluding hydrogens is 209 g/mol. The van der Waals surface area contributed by atoms with Crippen molar-refractivity contribution in [2.24, 2.45) is 0 Å². The van der Waals surface area contributed by atoms with Gasteiger partial charge in [-0.2, -0.15) is 0 Å². The van der Waals surface area contributed by atoms with E-state index in [1.807, 2.05) is 0 Å². The molecule has 0 unspecified atom stereocenters. The topological polar surface area (TPSA) is 39.1 Å². The smallest absolute Gasteiger partial charge is 0.251 e. The number of nitrogens with zero attached hydrogens (tertiary/aromatic N) is 1. The van der Waals surface area contributed by atoms with E-state index in [9.17, 15) is 14.0 Å². The predicted molar refractivity (Wildman–Crippen MR) is 60.9 cm³/mol. The van der Waals surface area contributed by atoms with E-state index in [0.29, 0.717) is 16.9 Å². The molecule has 1 aromatic rings. The third-order valence-electron chi connectivity index (χ3n) is 2.12. The molecule has 1 rings (SSSR count). The summed E-state index contributed by atoms with van der Waals surface area (Å²) in [5.41, 5.74) is -0.352. The van der Waals surface area contributed by atoms with E-state index >= 15 is 0 Å². The number of hydrogen-bond acceptors (Lipinski definition) is 2. The normalized spacial score (nSPS) is 12.9. The molecule has 0 saturated carbocycles. The minimum absolute atomic E-state index is 0.106. The predicted octanol–water partition coefficient (Wildman–Crippen LogP) is 0.111. The van der Waals surface area contributed by atoms with Crippen LogP contribution in [0.25, 0.3) is 12.7 Å². The molecule has 0 N–H and O–H groups in total. The zero-order valence-electron chi connectivity index (χ0n) is 8.94. The van der Waals surface area contributed by atoms with E-state index in [1.54, 1.807) is 6.92 Å². The fourth-order valence-electron chi connectivity index (χ4n) is 1.29. The summed E-state index contributed by atoms with van der Waals surface area (Å²) in [5, 5.41) is 0.814. The number of rotatable bonds is 3. The van der Waals surface area contributed by atoms with Crippen molar-refractivity contribution in [3.05, 3.63) is 45.0 Å². The first-order valence-electron chi connectivity index (χ1n) is 4.76. The number of carbonyl (C=O) groups is 1. The van der Waals surface area contributed by atoms with Crippen LogP contribution in [0.5, 0.6) is 0 Å². The first-order valence-corrected chi connectivity index (χ1v) is 4.76. The molecule has 0 aliphatic heterocycles. The molecular formula is C12H12FNO2. The molecule has 4 heteroatoms. The number of hydrogen-bond donors (Lipinski definition) is 0. The molecule has 0 aliphatic rings. The molecule has 0 atom stereocenters. The summed E-state index contributed by atoms with van der Waals surface area (Å²) < 4.78 is 14.3. The van der Waals surface area contributed by atoms with Crippen LogP contribution in [0, 0.1) is 0 Å². The molecule has 16 heavy (non-hydrogen) atoms. The highest BCUT2D eigenvalue weighted by atomic mass is 19.1. The summed E-state index contributed by atoms with van der Waals surface area (Å²) in [7, 11) is 0. The lowest BCUT2D eigenvalue weighted by atomic mass is 10.3. The number of halogens is 1. The SMILES string of the molecule is C=c1ccc(=O)n(CC=O)/c1=C/C(F)=C\C. The summed E-state index contributed by atoms with van der Waals surface area (Å²) in [4.78, 5) is 21.9. The fraction of sp³-hybridized carbons (Fsp3) is 0.167.